The van der Waals surface area contributed by atoms with Gasteiger partial charge in [0.2, 0.25) is 5.91 Å². The van der Waals surface area contributed by atoms with Gasteiger partial charge in [-0.15, -0.1) is 0 Å². The lowest BCUT2D eigenvalue weighted by molar-refractivity contribution is -0.116. The van der Waals surface area contributed by atoms with E-state index in [0.29, 0.717) is 23.6 Å². The zero-order chi connectivity index (χ0) is 14.3. The summed E-state index contributed by atoms with van der Waals surface area (Å²) in [6.07, 6.45) is 0.420. The molecule has 0 heterocycles. The van der Waals surface area contributed by atoms with Crippen molar-refractivity contribution in [2.75, 3.05) is 26.1 Å². The highest BCUT2D eigenvalue weighted by Crippen LogP contribution is 2.29. The SMILES string of the molecule is CCNC(C)CC(=O)Nc1ccc(OC)cc1OC. The number of hydrogen-bond donors (Lipinski definition) is 2. The number of hydrogen-bond acceptors (Lipinski definition) is 4. The van der Waals surface area contributed by atoms with Gasteiger partial charge in [-0.1, -0.05) is 6.92 Å². The standard InChI is InChI=1S/C14H22N2O3/c1-5-15-10(2)8-14(17)16-12-7-6-11(18-3)9-13(12)19-4/h6-7,9-10,15H,5,8H2,1-4H3,(H,16,17). The highest BCUT2D eigenvalue weighted by molar-refractivity contribution is 5.92. The quantitative estimate of drug-likeness (QED) is 0.793. The summed E-state index contributed by atoms with van der Waals surface area (Å²) < 4.78 is 10.3. The van der Waals surface area contributed by atoms with Crippen LogP contribution in [0.4, 0.5) is 5.69 Å². The molecule has 1 amide bonds. The van der Waals surface area contributed by atoms with Gasteiger partial charge >= 0.3 is 0 Å². The summed E-state index contributed by atoms with van der Waals surface area (Å²) in [5, 5.41) is 6.04. The van der Waals surface area contributed by atoms with Crippen LogP contribution in [0.25, 0.3) is 0 Å². The van der Waals surface area contributed by atoms with Crippen LogP contribution in [0.3, 0.4) is 0 Å². The van der Waals surface area contributed by atoms with E-state index in [-0.39, 0.29) is 11.9 Å². The highest BCUT2D eigenvalue weighted by atomic mass is 16.5. The van der Waals surface area contributed by atoms with Gasteiger partial charge in [-0.3, -0.25) is 4.79 Å². The Morgan fingerprint density at radius 2 is 2.05 bits per heavy atom. The van der Waals surface area contributed by atoms with Crippen LogP contribution >= 0.6 is 0 Å². The van der Waals surface area contributed by atoms with Crippen molar-refractivity contribution in [3.63, 3.8) is 0 Å². The van der Waals surface area contributed by atoms with E-state index in [1.54, 1.807) is 32.4 Å². The van der Waals surface area contributed by atoms with Crippen LogP contribution in [0.5, 0.6) is 11.5 Å². The van der Waals surface area contributed by atoms with Crippen LogP contribution < -0.4 is 20.1 Å². The van der Waals surface area contributed by atoms with Crippen molar-refractivity contribution in [3.05, 3.63) is 18.2 Å². The van der Waals surface area contributed by atoms with E-state index in [4.69, 9.17) is 9.47 Å². The second kappa shape index (κ2) is 7.63. The molecule has 106 valence electrons. The van der Waals surface area contributed by atoms with Gasteiger partial charge in [0, 0.05) is 18.5 Å². The first-order chi connectivity index (χ1) is 9.10. The van der Waals surface area contributed by atoms with Gasteiger partial charge in [0.15, 0.2) is 0 Å². The number of carbonyl (C=O) groups is 1. The predicted octanol–water partition coefficient (Wildman–Crippen LogP) is 2.03. The maximum atomic E-state index is 11.9. The number of ether oxygens (including phenoxy) is 2. The molecule has 0 fully saturated rings. The second-order valence-corrected chi connectivity index (χ2v) is 4.28. The summed E-state index contributed by atoms with van der Waals surface area (Å²) >= 11 is 0. The molecule has 0 saturated carbocycles. The minimum Gasteiger partial charge on any atom is -0.497 e. The van der Waals surface area contributed by atoms with Gasteiger partial charge in [-0.2, -0.15) is 0 Å². The minimum absolute atomic E-state index is 0.0445. The van der Waals surface area contributed by atoms with E-state index >= 15 is 0 Å². The Morgan fingerprint density at radius 1 is 1.32 bits per heavy atom. The molecule has 0 aliphatic heterocycles. The molecule has 1 atom stereocenters. The van der Waals surface area contributed by atoms with Crippen molar-refractivity contribution >= 4 is 11.6 Å². The summed E-state index contributed by atoms with van der Waals surface area (Å²) in [4.78, 5) is 11.9. The maximum Gasteiger partial charge on any atom is 0.226 e. The van der Waals surface area contributed by atoms with Crippen molar-refractivity contribution in [1.82, 2.24) is 5.32 Å². The maximum absolute atomic E-state index is 11.9. The van der Waals surface area contributed by atoms with E-state index in [0.717, 1.165) is 6.54 Å². The monoisotopic (exact) mass is 266 g/mol. The van der Waals surface area contributed by atoms with Crippen molar-refractivity contribution < 1.29 is 14.3 Å². The second-order valence-electron chi connectivity index (χ2n) is 4.28. The number of anilines is 1. The fourth-order valence-corrected chi connectivity index (χ4v) is 1.80. The lowest BCUT2D eigenvalue weighted by Gasteiger charge is -2.14. The van der Waals surface area contributed by atoms with E-state index in [2.05, 4.69) is 10.6 Å². The van der Waals surface area contributed by atoms with Crippen LogP contribution in [0, 0.1) is 0 Å². The van der Waals surface area contributed by atoms with Crippen molar-refractivity contribution in [2.45, 2.75) is 26.3 Å². The van der Waals surface area contributed by atoms with Crippen LogP contribution in [0.1, 0.15) is 20.3 Å². The number of rotatable bonds is 7. The average molecular weight is 266 g/mol. The smallest absolute Gasteiger partial charge is 0.226 e. The molecule has 0 spiro atoms. The number of carbonyl (C=O) groups excluding carboxylic acids is 1. The predicted molar refractivity (Wildman–Crippen MR) is 75.9 cm³/mol. The van der Waals surface area contributed by atoms with E-state index in [9.17, 15) is 4.79 Å². The molecule has 5 heteroatoms. The Hall–Kier alpha value is -1.75. The Morgan fingerprint density at radius 3 is 2.63 bits per heavy atom. The molecular formula is C14H22N2O3. The largest absolute Gasteiger partial charge is 0.497 e. The van der Waals surface area contributed by atoms with Gasteiger partial charge in [0.1, 0.15) is 11.5 Å². The first kappa shape index (κ1) is 15.3. The molecule has 0 aliphatic rings. The summed E-state index contributed by atoms with van der Waals surface area (Å²) in [6, 6.07) is 5.44. The van der Waals surface area contributed by atoms with Crippen LogP contribution in [0.15, 0.2) is 18.2 Å². The Bertz CT molecular complexity index is 421. The Labute approximate surface area is 114 Å². The molecular weight excluding hydrogens is 244 g/mol. The van der Waals surface area contributed by atoms with Gasteiger partial charge in [0.25, 0.3) is 0 Å². The Balaban J connectivity index is 2.68. The fraction of sp³-hybridized carbons (Fsp3) is 0.500. The first-order valence-electron chi connectivity index (χ1n) is 6.36. The number of amides is 1. The first-order valence-corrected chi connectivity index (χ1v) is 6.36. The van der Waals surface area contributed by atoms with Gasteiger partial charge < -0.3 is 20.1 Å². The average Bonchev–Trinajstić information content (AvgIpc) is 2.39. The van der Waals surface area contributed by atoms with Gasteiger partial charge in [0.05, 0.1) is 19.9 Å². The number of methoxy groups -OCH3 is 2. The summed E-state index contributed by atoms with van der Waals surface area (Å²) in [5.74, 6) is 1.23. The molecule has 2 N–H and O–H groups in total. The van der Waals surface area contributed by atoms with Crippen molar-refractivity contribution in [1.29, 1.82) is 0 Å². The van der Waals surface area contributed by atoms with Gasteiger partial charge in [-0.25, -0.2) is 0 Å². The number of benzene rings is 1. The van der Waals surface area contributed by atoms with Crippen molar-refractivity contribution in [3.8, 4) is 11.5 Å². The van der Waals surface area contributed by atoms with Crippen molar-refractivity contribution in [2.24, 2.45) is 0 Å². The van der Waals surface area contributed by atoms with Gasteiger partial charge in [-0.05, 0) is 25.6 Å². The molecule has 1 unspecified atom stereocenters. The van der Waals surface area contributed by atoms with E-state index < -0.39 is 0 Å². The molecule has 0 bridgehead atoms. The number of nitrogens with one attached hydrogen (secondary N) is 2. The molecule has 5 nitrogen and oxygen atoms in total. The lowest BCUT2D eigenvalue weighted by Crippen LogP contribution is -2.30. The summed E-state index contributed by atoms with van der Waals surface area (Å²) in [7, 11) is 3.15. The lowest BCUT2D eigenvalue weighted by atomic mass is 10.2. The van der Waals surface area contributed by atoms with Crippen LogP contribution in [-0.2, 0) is 4.79 Å². The molecule has 1 aromatic rings. The summed E-state index contributed by atoms with van der Waals surface area (Å²) in [6.45, 7) is 4.84. The molecule has 1 aromatic carbocycles. The zero-order valence-corrected chi connectivity index (χ0v) is 11.9. The topological polar surface area (TPSA) is 59.6 Å². The van der Waals surface area contributed by atoms with E-state index in [1.165, 1.54) is 0 Å². The fourth-order valence-electron chi connectivity index (χ4n) is 1.80. The third-order valence-electron chi connectivity index (χ3n) is 2.73. The van der Waals surface area contributed by atoms with Crippen LogP contribution in [0.2, 0.25) is 0 Å². The van der Waals surface area contributed by atoms with E-state index in [1.807, 2.05) is 13.8 Å². The van der Waals surface area contributed by atoms with Crippen LogP contribution in [-0.4, -0.2) is 32.7 Å². The molecule has 0 saturated heterocycles. The third kappa shape index (κ3) is 4.79. The molecule has 0 radical (unpaired) electrons. The molecule has 19 heavy (non-hydrogen) atoms. The Kier molecular flexibility index (Phi) is 6.15. The zero-order valence-electron chi connectivity index (χ0n) is 11.9. The normalized spacial score (nSPS) is 11.8. The molecule has 0 aliphatic carbocycles. The summed E-state index contributed by atoms with van der Waals surface area (Å²) in [5.41, 5.74) is 0.650. The third-order valence-corrected chi connectivity index (χ3v) is 2.73. The highest BCUT2D eigenvalue weighted by Gasteiger charge is 2.11. The minimum atomic E-state index is -0.0445. The molecule has 1 rings (SSSR count). The molecule has 0 aromatic heterocycles.